The lowest BCUT2D eigenvalue weighted by Crippen LogP contribution is -2.46. The van der Waals surface area contributed by atoms with Crippen LogP contribution in [0.3, 0.4) is 0 Å². The Morgan fingerprint density at radius 2 is 2.08 bits per heavy atom. The van der Waals surface area contributed by atoms with E-state index in [1.165, 1.54) is 0 Å². The van der Waals surface area contributed by atoms with E-state index in [4.69, 9.17) is 5.11 Å². The molecule has 3 nitrogen and oxygen atoms in total. The van der Waals surface area contributed by atoms with Gasteiger partial charge in [0.1, 0.15) is 5.41 Å². The second-order valence-electron chi connectivity index (χ2n) is 3.21. The van der Waals surface area contributed by atoms with Crippen LogP contribution < -0.4 is 0 Å². The fourth-order valence-electron chi connectivity index (χ4n) is 1.60. The van der Waals surface area contributed by atoms with E-state index in [9.17, 15) is 9.59 Å². The number of alkyl halides is 2. The smallest absolute Gasteiger partial charge is 0.319 e. The molecule has 1 aliphatic carbocycles. The van der Waals surface area contributed by atoms with Crippen LogP contribution in [-0.2, 0) is 9.59 Å². The summed E-state index contributed by atoms with van der Waals surface area (Å²) in [7, 11) is 0. The van der Waals surface area contributed by atoms with Crippen LogP contribution in [0.15, 0.2) is 0 Å². The van der Waals surface area contributed by atoms with Crippen LogP contribution >= 0.6 is 31.9 Å². The van der Waals surface area contributed by atoms with Gasteiger partial charge in [-0.1, -0.05) is 38.3 Å². The van der Waals surface area contributed by atoms with Crippen LogP contribution in [0.2, 0.25) is 0 Å². The maximum Gasteiger partial charge on any atom is 0.319 e. The highest BCUT2D eigenvalue weighted by molar-refractivity contribution is 9.24. The summed E-state index contributed by atoms with van der Waals surface area (Å²) in [6.45, 7) is 0. The molecule has 1 aliphatic rings. The number of carbonyl (C=O) groups is 2. The lowest BCUT2D eigenvalue weighted by atomic mass is 9.74. The molecule has 0 saturated heterocycles. The van der Waals surface area contributed by atoms with Crippen LogP contribution in [0, 0.1) is 5.41 Å². The van der Waals surface area contributed by atoms with Gasteiger partial charge in [-0.2, -0.15) is 0 Å². The summed E-state index contributed by atoms with van der Waals surface area (Å²) in [5.41, 5.74) is -1.25. The summed E-state index contributed by atoms with van der Waals surface area (Å²) in [5, 5.41) is 9.05. The van der Waals surface area contributed by atoms with Gasteiger partial charge in [-0.15, -0.1) is 0 Å². The second-order valence-corrected chi connectivity index (χ2v) is 6.27. The molecule has 1 rings (SSSR count). The monoisotopic (exact) mass is 312 g/mol. The first kappa shape index (κ1) is 11.2. The van der Waals surface area contributed by atoms with E-state index in [0.717, 1.165) is 12.8 Å². The molecule has 1 fully saturated rings. The number of Topliss-reactive ketones (excluding diaryl/α,β-unsaturated/α-hetero) is 1. The molecule has 0 amide bonds. The molecule has 1 unspecified atom stereocenters. The Bertz CT molecular complexity index is 240. The Morgan fingerprint density at radius 3 is 2.38 bits per heavy atom. The fraction of sp³-hybridized carbons (Fsp3) is 0.750. The van der Waals surface area contributed by atoms with E-state index < -0.39 is 15.1 Å². The van der Waals surface area contributed by atoms with E-state index >= 15 is 0 Å². The predicted octanol–water partition coefficient (Wildman–Crippen LogP) is 2.32. The zero-order valence-corrected chi connectivity index (χ0v) is 10.1. The van der Waals surface area contributed by atoms with Crippen molar-refractivity contribution < 1.29 is 14.7 Å². The molecular weight excluding hydrogens is 304 g/mol. The van der Waals surface area contributed by atoms with Gasteiger partial charge in [0.25, 0.3) is 0 Å². The molecule has 1 saturated carbocycles. The van der Waals surface area contributed by atoms with Crippen molar-refractivity contribution >= 4 is 43.6 Å². The van der Waals surface area contributed by atoms with Crippen molar-refractivity contribution in [3.63, 3.8) is 0 Å². The molecular formula is C8H10Br2O3. The molecule has 0 radical (unpaired) electrons. The van der Waals surface area contributed by atoms with Crippen LogP contribution in [0.1, 0.15) is 25.7 Å². The molecule has 0 aromatic rings. The van der Waals surface area contributed by atoms with Crippen LogP contribution in [0.4, 0.5) is 0 Å². The summed E-state index contributed by atoms with van der Waals surface area (Å²) in [6, 6.07) is 0. The van der Waals surface area contributed by atoms with Crippen LogP contribution in [0.5, 0.6) is 0 Å². The quantitative estimate of drug-likeness (QED) is 0.629. The van der Waals surface area contributed by atoms with E-state index in [-0.39, 0.29) is 5.78 Å². The molecule has 5 heteroatoms. The number of carboxylic acid groups (broad SMARTS) is 1. The number of hydrogen-bond donors (Lipinski definition) is 1. The van der Waals surface area contributed by atoms with E-state index in [1.54, 1.807) is 0 Å². The average molecular weight is 314 g/mol. The van der Waals surface area contributed by atoms with Gasteiger partial charge in [0.2, 0.25) is 0 Å². The zero-order valence-electron chi connectivity index (χ0n) is 6.93. The van der Waals surface area contributed by atoms with Gasteiger partial charge < -0.3 is 5.11 Å². The lowest BCUT2D eigenvalue weighted by Gasteiger charge is -2.32. The zero-order chi connectivity index (χ0) is 10.1. The maximum absolute atomic E-state index is 11.6. The number of rotatable bonds is 2. The Hall–Kier alpha value is 0.1000. The molecule has 0 aromatic heterocycles. The number of carbonyl (C=O) groups excluding carboxylic acids is 1. The number of hydrogen-bond acceptors (Lipinski definition) is 2. The summed E-state index contributed by atoms with van der Waals surface area (Å²) in [5.74, 6) is -1.21. The Kier molecular flexibility index (Phi) is 3.51. The third-order valence-corrected chi connectivity index (χ3v) is 4.04. The highest BCUT2D eigenvalue weighted by Gasteiger charge is 2.51. The van der Waals surface area contributed by atoms with Gasteiger partial charge in [0.05, 0.1) is 3.74 Å². The highest BCUT2D eigenvalue weighted by Crippen LogP contribution is 2.42. The maximum atomic E-state index is 11.6. The Balaban J connectivity index is 3.00. The summed E-state index contributed by atoms with van der Waals surface area (Å²) in [6.07, 6.45) is 2.40. The van der Waals surface area contributed by atoms with Gasteiger partial charge in [-0.3, -0.25) is 9.59 Å². The van der Waals surface area contributed by atoms with Gasteiger partial charge >= 0.3 is 5.97 Å². The number of halogens is 2. The second kappa shape index (κ2) is 4.09. The molecule has 1 atom stereocenters. The summed E-state index contributed by atoms with van der Waals surface area (Å²) in [4.78, 5) is 22.6. The van der Waals surface area contributed by atoms with E-state index in [2.05, 4.69) is 31.9 Å². The van der Waals surface area contributed by atoms with Gasteiger partial charge in [0, 0.05) is 6.42 Å². The van der Waals surface area contributed by atoms with Gasteiger partial charge in [-0.05, 0) is 12.8 Å². The molecule has 0 bridgehead atoms. The fourth-order valence-corrected chi connectivity index (χ4v) is 2.96. The standard InChI is InChI=1S/C8H10Br2O3/c9-6(10)8(7(12)13)4-2-1-3-5(8)11/h6H,1-4H2,(H,12,13). The predicted molar refractivity (Wildman–Crippen MR) is 55.2 cm³/mol. The van der Waals surface area contributed by atoms with Crippen molar-refractivity contribution in [1.82, 2.24) is 0 Å². The van der Waals surface area contributed by atoms with Crippen molar-refractivity contribution in [3.05, 3.63) is 0 Å². The van der Waals surface area contributed by atoms with Crippen molar-refractivity contribution in [2.45, 2.75) is 29.4 Å². The molecule has 74 valence electrons. The van der Waals surface area contributed by atoms with Crippen molar-refractivity contribution in [1.29, 1.82) is 0 Å². The van der Waals surface area contributed by atoms with Crippen LogP contribution in [-0.4, -0.2) is 20.6 Å². The number of ketones is 1. The minimum absolute atomic E-state index is 0.176. The Morgan fingerprint density at radius 1 is 1.46 bits per heavy atom. The summed E-state index contributed by atoms with van der Waals surface area (Å²) < 4.78 is -0.474. The first-order valence-corrected chi connectivity index (χ1v) is 5.90. The molecule has 1 N–H and O–H groups in total. The molecule has 0 spiro atoms. The third-order valence-electron chi connectivity index (χ3n) is 2.48. The molecule has 0 aromatic carbocycles. The van der Waals surface area contributed by atoms with Crippen LogP contribution in [0.25, 0.3) is 0 Å². The average Bonchev–Trinajstić information content (AvgIpc) is 2.04. The molecule has 13 heavy (non-hydrogen) atoms. The summed E-state index contributed by atoms with van der Waals surface area (Å²) >= 11 is 6.30. The number of aliphatic carboxylic acids is 1. The van der Waals surface area contributed by atoms with Crippen molar-refractivity contribution in [2.75, 3.05) is 0 Å². The SMILES string of the molecule is O=C(O)C1(C(Br)Br)CCCCC1=O. The minimum atomic E-state index is -1.25. The topological polar surface area (TPSA) is 54.4 Å². The lowest BCUT2D eigenvalue weighted by molar-refractivity contribution is -0.155. The van der Waals surface area contributed by atoms with E-state index in [0.29, 0.717) is 12.8 Å². The van der Waals surface area contributed by atoms with E-state index in [1.807, 2.05) is 0 Å². The number of carboxylic acids is 1. The first-order valence-electron chi connectivity index (χ1n) is 4.06. The molecule has 0 aliphatic heterocycles. The van der Waals surface area contributed by atoms with Crippen molar-refractivity contribution in [3.8, 4) is 0 Å². The minimum Gasteiger partial charge on any atom is -0.480 e. The largest absolute Gasteiger partial charge is 0.480 e. The molecule has 0 heterocycles. The van der Waals surface area contributed by atoms with Gasteiger partial charge in [0.15, 0.2) is 5.78 Å². The first-order chi connectivity index (χ1) is 6.01. The van der Waals surface area contributed by atoms with Crippen molar-refractivity contribution in [2.24, 2.45) is 5.41 Å². The normalized spacial score (nSPS) is 29.3. The highest BCUT2D eigenvalue weighted by atomic mass is 79.9. The van der Waals surface area contributed by atoms with Gasteiger partial charge in [-0.25, -0.2) is 0 Å². The third kappa shape index (κ3) is 1.81. The Labute approximate surface area is 93.1 Å².